The van der Waals surface area contributed by atoms with Crippen molar-refractivity contribution in [2.75, 3.05) is 18.1 Å². The number of nitrogens with two attached hydrogens (primary N) is 2. The summed E-state index contributed by atoms with van der Waals surface area (Å²) in [5, 5.41) is 7.46. The topological polar surface area (TPSA) is 112 Å². The SMILES string of the molecule is NCCSCCn1cc(C(=O)NN)nn1. The van der Waals surface area contributed by atoms with Crippen LogP contribution in [0.15, 0.2) is 6.20 Å². The highest BCUT2D eigenvalue weighted by atomic mass is 32.2. The van der Waals surface area contributed by atoms with Crippen LogP contribution in [-0.4, -0.2) is 39.0 Å². The van der Waals surface area contributed by atoms with Crippen molar-refractivity contribution in [3.63, 3.8) is 0 Å². The van der Waals surface area contributed by atoms with Crippen LogP contribution >= 0.6 is 11.8 Å². The molecule has 15 heavy (non-hydrogen) atoms. The number of nitrogens with one attached hydrogen (secondary N) is 1. The summed E-state index contributed by atoms with van der Waals surface area (Å²) in [4.78, 5) is 11.0. The number of nitrogens with zero attached hydrogens (tertiary/aromatic N) is 3. The minimum atomic E-state index is -0.434. The number of carbonyl (C=O) groups excluding carboxylic acids is 1. The molecule has 0 aromatic carbocycles. The van der Waals surface area contributed by atoms with E-state index in [1.165, 1.54) is 0 Å². The van der Waals surface area contributed by atoms with E-state index >= 15 is 0 Å². The van der Waals surface area contributed by atoms with Crippen molar-refractivity contribution < 1.29 is 4.79 Å². The highest BCUT2D eigenvalue weighted by Crippen LogP contribution is 2.00. The molecule has 0 atom stereocenters. The summed E-state index contributed by atoms with van der Waals surface area (Å²) >= 11 is 1.73. The molecular formula is C7H14N6OS. The Hall–Kier alpha value is -1.12. The molecule has 1 aromatic heterocycles. The summed E-state index contributed by atoms with van der Waals surface area (Å²) < 4.78 is 1.61. The van der Waals surface area contributed by atoms with E-state index in [4.69, 9.17) is 11.6 Å². The van der Waals surface area contributed by atoms with Crippen LogP contribution in [0, 0.1) is 0 Å². The van der Waals surface area contributed by atoms with E-state index in [2.05, 4.69) is 10.3 Å². The fraction of sp³-hybridized carbons (Fsp3) is 0.571. The number of carbonyl (C=O) groups is 1. The van der Waals surface area contributed by atoms with Crippen LogP contribution in [0.2, 0.25) is 0 Å². The molecule has 1 rings (SSSR count). The Morgan fingerprint density at radius 3 is 3.07 bits per heavy atom. The third kappa shape index (κ3) is 3.86. The zero-order valence-corrected chi connectivity index (χ0v) is 9.04. The molecular weight excluding hydrogens is 216 g/mol. The molecule has 0 aliphatic heterocycles. The Morgan fingerprint density at radius 1 is 1.60 bits per heavy atom. The predicted molar refractivity (Wildman–Crippen MR) is 58.1 cm³/mol. The van der Waals surface area contributed by atoms with Gasteiger partial charge in [-0.2, -0.15) is 11.8 Å². The number of hydrogen-bond acceptors (Lipinski definition) is 6. The molecule has 1 heterocycles. The number of aryl methyl sites for hydroxylation is 1. The fourth-order valence-corrected chi connectivity index (χ4v) is 1.62. The summed E-state index contributed by atoms with van der Waals surface area (Å²) in [6.45, 7) is 1.37. The largest absolute Gasteiger partial charge is 0.330 e. The molecule has 0 aliphatic carbocycles. The van der Waals surface area contributed by atoms with Gasteiger partial charge in [-0.05, 0) is 0 Å². The number of amides is 1. The molecule has 5 N–H and O–H groups in total. The summed E-state index contributed by atoms with van der Waals surface area (Å²) in [6, 6.07) is 0. The minimum absolute atomic E-state index is 0.223. The molecule has 8 heteroatoms. The Balaban J connectivity index is 2.36. The standard InChI is InChI=1S/C7H14N6OS/c8-1-3-15-4-2-13-5-6(11-12-13)7(14)10-9/h5H,1-4,8-9H2,(H,10,14). The van der Waals surface area contributed by atoms with E-state index in [-0.39, 0.29) is 5.69 Å². The smallest absolute Gasteiger partial charge is 0.287 e. The number of rotatable bonds is 6. The lowest BCUT2D eigenvalue weighted by Crippen LogP contribution is -2.30. The zero-order valence-electron chi connectivity index (χ0n) is 8.22. The second-order valence-electron chi connectivity index (χ2n) is 2.74. The number of nitrogen functional groups attached to an aromatic ring is 1. The van der Waals surface area contributed by atoms with Crippen LogP contribution < -0.4 is 17.0 Å². The monoisotopic (exact) mass is 230 g/mol. The maximum absolute atomic E-state index is 11.0. The van der Waals surface area contributed by atoms with E-state index in [0.29, 0.717) is 13.1 Å². The van der Waals surface area contributed by atoms with Crippen LogP contribution in [0.25, 0.3) is 0 Å². The van der Waals surface area contributed by atoms with Crippen molar-refractivity contribution in [3.05, 3.63) is 11.9 Å². The molecule has 0 saturated heterocycles. The van der Waals surface area contributed by atoms with E-state index in [1.54, 1.807) is 22.6 Å². The molecule has 0 spiro atoms. The first-order valence-corrected chi connectivity index (χ1v) is 5.62. The van der Waals surface area contributed by atoms with Crippen molar-refractivity contribution in [1.29, 1.82) is 0 Å². The maximum atomic E-state index is 11.0. The molecule has 84 valence electrons. The second kappa shape index (κ2) is 6.38. The Kier molecular flexibility index (Phi) is 5.08. The molecule has 0 unspecified atom stereocenters. The molecule has 0 radical (unpaired) electrons. The van der Waals surface area contributed by atoms with Gasteiger partial charge >= 0.3 is 0 Å². The number of hydrogen-bond donors (Lipinski definition) is 3. The van der Waals surface area contributed by atoms with Crippen LogP contribution in [0.3, 0.4) is 0 Å². The van der Waals surface area contributed by atoms with Crippen molar-refractivity contribution in [2.45, 2.75) is 6.54 Å². The fourth-order valence-electron chi connectivity index (χ4n) is 0.929. The van der Waals surface area contributed by atoms with Gasteiger partial charge in [-0.3, -0.25) is 14.9 Å². The molecule has 7 nitrogen and oxygen atoms in total. The molecule has 1 aromatic rings. The minimum Gasteiger partial charge on any atom is -0.330 e. The maximum Gasteiger partial charge on any atom is 0.287 e. The molecule has 0 aliphatic rings. The molecule has 0 saturated carbocycles. The first-order valence-electron chi connectivity index (χ1n) is 4.47. The summed E-state index contributed by atoms with van der Waals surface area (Å²) in [6.07, 6.45) is 1.56. The van der Waals surface area contributed by atoms with Gasteiger partial charge in [0, 0.05) is 18.1 Å². The van der Waals surface area contributed by atoms with Crippen LogP contribution in [0.4, 0.5) is 0 Å². The average Bonchev–Trinajstić information content (AvgIpc) is 2.72. The van der Waals surface area contributed by atoms with Crippen LogP contribution in [-0.2, 0) is 6.54 Å². The summed E-state index contributed by atoms with van der Waals surface area (Å²) in [5.74, 6) is 6.34. The van der Waals surface area contributed by atoms with Gasteiger partial charge in [-0.25, -0.2) is 5.84 Å². The molecule has 0 bridgehead atoms. The van der Waals surface area contributed by atoms with Crippen molar-refractivity contribution in [1.82, 2.24) is 20.4 Å². The summed E-state index contributed by atoms with van der Waals surface area (Å²) in [7, 11) is 0. The van der Waals surface area contributed by atoms with Crippen molar-refractivity contribution in [2.24, 2.45) is 11.6 Å². The third-order valence-corrected chi connectivity index (χ3v) is 2.62. The lowest BCUT2D eigenvalue weighted by Gasteiger charge is -1.98. The Labute approximate surface area is 91.5 Å². The first kappa shape index (κ1) is 12.0. The van der Waals surface area contributed by atoms with Crippen LogP contribution in [0.1, 0.15) is 10.5 Å². The van der Waals surface area contributed by atoms with Gasteiger partial charge in [-0.1, -0.05) is 5.21 Å². The van der Waals surface area contributed by atoms with Gasteiger partial charge in [-0.15, -0.1) is 5.10 Å². The van der Waals surface area contributed by atoms with Crippen molar-refractivity contribution >= 4 is 17.7 Å². The van der Waals surface area contributed by atoms with E-state index in [9.17, 15) is 4.79 Å². The van der Waals surface area contributed by atoms with Gasteiger partial charge in [0.1, 0.15) is 0 Å². The second-order valence-corrected chi connectivity index (χ2v) is 3.97. The van der Waals surface area contributed by atoms with E-state index < -0.39 is 5.91 Å². The van der Waals surface area contributed by atoms with Gasteiger partial charge in [0.25, 0.3) is 5.91 Å². The van der Waals surface area contributed by atoms with Gasteiger partial charge in [0.2, 0.25) is 0 Å². The van der Waals surface area contributed by atoms with Gasteiger partial charge < -0.3 is 5.73 Å². The average molecular weight is 230 g/mol. The molecule has 1 amide bonds. The van der Waals surface area contributed by atoms with Gasteiger partial charge in [0.15, 0.2) is 5.69 Å². The number of hydrazine groups is 1. The lowest BCUT2D eigenvalue weighted by molar-refractivity contribution is 0.0948. The lowest BCUT2D eigenvalue weighted by atomic mass is 10.5. The third-order valence-electron chi connectivity index (χ3n) is 1.63. The normalized spacial score (nSPS) is 10.3. The van der Waals surface area contributed by atoms with E-state index in [1.807, 2.05) is 5.43 Å². The zero-order chi connectivity index (χ0) is 11.1. The van der Waals surface area contributed by atoms with Crippen LogP contribution in [0.5, 0.6) is 0 Å². The van der Waals surface area contributed by atoms with Gasteiger partial charge in [0.05, 0.1) is 12.7 Å². The van der Waals surface area contributed by atoms with E-state index in [0.717, 1.165) is 11.5 Å². The highest BCUT2D eigenvalue weighted by molar-refractivity contribution is 7.99. The molecule has 0 fully saturated rings. The predicted octanol–water partition coefficient (Wildman–Crippen LogP) is -1.43. The first-order chi connectivity index (χ1) is 7.27. The number of thioether (sulfide) groups is 1. The van der Waals surface area contributed by atoms with Crippen molar-refractivity contribution in [3.8, 4) is 0 Å². The quantitative estimate of drug-likeness (QED) is 0.239. The highest BCUT2D eigenvalue weighted by Gasteiger charge is 2.07. The summed E-state index contributed by atoms with van der Waals surface area (Å²) in [5.41, 5.74) is 7.57. The number of aromatic nitrogens is 3. The Bertz CT molecular complexity index is 314. The Morgan fingerprint density at radius 2 is 2.40 bits per heavy atom.